The molecule has 542 valence electrons. The van der Waals surface area contributed by atoms with Gasteiger partial charge in [-0.1, -0.05) is 337 Å². The highest BCUT2D eigenvalue weighted by Gasteiger charge is 2.55. The molecule has 0 radical (unpaired) electrons. The fourth-order valence-corrected chi connectivity index (χ4v) is 18.6. The van der Waals surface area contributed by atoms with E-state index in [9.17, 15) is 0 Å². The number of ether oxygens (including phenoxy) is 2. The molecular formula is C102H70BBrN6O4. The highest BCUT2D eigenvalue weighted by Crippen LogP contribution is 2.65. The number of halogens is 1. The maximum absolute atomic E-state index is 6.58. The van der Waals surface area contributed by atoms with Gasteiger partial charge in [0.2, 0.25) is 0 Å². The predicted octanol–water partition coefficient (Wildman–Crippen LogP) is 24.4. The van der Waals surface area contributed by atoms with Crippen LogP contribution in [-0.2, 0) is 20.1 Å². The first-order valence-corrected chi connectivity index (χ1v) is 39.4. The lowest BCUT2D eigenvalue weighted by molar-refractivity contribution is 0.00578. The van der Waals surface area contributed by atoms with E-state index in [0.717, 1.165) is 115 Å². The highest BCUT2D eigenvalue weighted by molar-refractivity contribution is 9.10. The van der Waals surface area contributed by atoms with Gasteiger partial charge in [-0.15, -0.1) is 0 Å². The average Bonchev–Trinajstić information content (AvgIpc) is 1.53. The molecule has 114 heavy (non-hydrogen) atoms. The summed E-state index contributed by atoms with van der Waals surface area (Å²) in [7, 11) is -0.689. The van der Waals surface area contributed by atoms with Gasteiger partial charge in [-0.05, 0) is 140 Å². The summed E-state index contributed by atoms with van der Waals surface area (Å²) < 4.78 is 26.7. The third-order valence-electron chi connectivity index (χ3n) is 23.8. The molecule has 5 heterocycles. The molecule has 0 atom stereocenters. The van der Waals surface area contributed by atoms with Crippen LogP contribution in [0.5, 0.6) is 23.0 Å². The third kappa shape index (κ3) is 10.8. The fourth-order valence-electron chi connectivity index (χ4n) is 18.1. The van der Waals surface area contributed by atoms with Crippen molar-refractivity contribution >= 4 is 71.9 Å². The number of nitrogens with zero attached hydrogens (tertiary/aromatic N) is 6. The predicted molar refractivity (Wildman–Crippen MR) is 461 cm³/mol. The van der Waals surface area contributed by atoms with Gasteiger partial charge in [0.05, 0.1) is 22.0 Å². The van der Waals surface area contributed by atoms with Crippen LogP contribution in [0, 0.1) is 0 Å². The first-order valence-electron chi connectivity index (χ1n) is 38.6. The zero-order chi connectivity index (χ0) is 76.4. The number of benzene rings is 16. The lowest BCUT2D eigenvalue weighted by atomic mass is 9.66. The molecule has 0 saturated carbocycles. The Morgan fingerprint density at radius 3 is 0.877 bits per heavy atom. The van der Waals surface area contributed by atoms with Crippen LogP contribution in [0.25, 0.3) is 122 Å². The Balaban J connectivity index is 0.000000114. The van der Waals surface area contributed by atoms with Crippen molar-refractivity contribution in [2.75, 3.05) is 0 Å². The molecule has 2 aromatic heterocycles. The Hall–Kier alpha value is -13.4. The van der Waals surface area contributed by atoms with Crippen molar-refractivity contribution < 1.29 is 18.8 Å². The molecule has 0 N–H and O–H groups in total. The van der Waals surface area contributed by atoms with Gasteiger partial charge in [-0.2, -0.15) is 0 Å². The number of aromatic nitrogens is 6. The van der Waals surface area contributed by atoms with E-state index in [0.29, 0.717) is 34.8 Å². The molecule has 0 unspecified atom stereocenters. The van der Waals surface area contributed by atoms with Crippen LogP contribution < -0.4 is 15.2 Å². The van der Waals surface area contributed by atoms with E-state index in [2.05, 4.69) is 307 Å². The summed E-state index contributed by atoms with van der Waals surface area (Å²) in [5, 5.41) is 8.93. The van der Waals surface area contributed by atoms with Crippen molar-refractivity contribution in [1.29, 1.82) is 0 Å². The molecule has 2 spiro atoms. The second-order valence-electron chi connectivity index (χ2n) is 30.5. The van der Waals surface area contributed by atoms with Crippen molar-refractivity contribution in [3.8, 4) is 102 Å². The molecule has 5 aliphatic rings. The topological polar surface area (TPSA) is 114 Å². The summed E-state index contributed by atoms with van der Waals surface area (Å²) in [4.78, 5) is 30.7. The van der Waals surface area contributed by atoms with Crippen LogP contribution >= 0.6 is 15.9 Å². The van der Waals surface area contributed by atoms with E-state index in [1.54, 1.807) is 0 Å². The van der Waals surface area contributed by atoms with Crippen molar-refractivity contribution in [2.24, 2.45) is 0 Å². The van der Waals surface area contributed by atoms with Gasteiger partial charge in [0.15, 0.2) is 34.8 Å². The minimum Gasteiger partial charge on any atom is -0.457 e. The van der Waals surface area contributed by atoms with Gasteiger partial charge < -0.3 is 18.8 Å². The first kappa shape index (κ1) is 68.7. The summed E-state index contributed by atoms with van der Waals surface area (Å²) in [5.74, 6) is 6.72. The fraction of sp³-hybridized carbons (Fsp3) is 0.0784. The Morgan fingerprint density at radius 2 is 0.491 bits per heavy atom. The number of hydrogen-bond donors (Lipinski definition) is 0. The summed E-state index contributed by atoms with van der Waals surface area (Å²) in [6.45, 7) is 8.13. The monoisotopic (exact) mass is 1530 g/mol. The lowest BCUT2D eigenvalue weighted by Gasteiger charge is -2.39. The quantitative estimate of drug-likeness (QED) is 0.149. The Bertz CT molecular complexity index is 6660. The molecule has 16 aromatic carbocycles. The first-order chi connectivity index (χ1) is 55.9. The molecule has 1 fully saturated rings. The molecule has 3 aliphatic heterocycles. The van der Waals surface area contributed by atoms with Crippen LogP contribution in [0.4, 0.5) is 0 Å². The van der Waals surface area contributed by atoms with Gasteiger partial charge in [-0.25, -0.2) is 29.9 Å². The molecule has 18 aromatic rings. The van der Waals surface area contributed by atoms with Crippen LogP contribution in [0.2, 0.25) is 0 Å². The number of rotatable bonds is 6. The lowest BCUT2D eigenvalue weighted by Crippen LogP contribution is -2.41. The number of para-hydroxylation sites is 4. The van der Waals surface area contributed by atoms with Gasteiger partial charge in [0.1, 0.15) is 23.0 Å². The van der Waals surface area contributed by atoms with Crippen LogP contribution in [-0.4, -0.2) is 48.2 Å². The molecule has 0 amide bonds. The van der Waals surface area contributed by atoms with E-state index in [1.807, 2.05) is 88.4 Å². The minimum atomic E-state index is -0.689. The second kappa shape index (κ2) is 27.0. The van der Waals surface area contributed by atoms with E-state index < -0.39 is 23.7 Å². The zero-order valence-electron chi connectivity index (χ0n) is 62.8. The second-order valence-corrected chi connectivity index (χ2v) is 31.4. The molecular weight excluding hydrogens is 1460 g/mol. The standard InChI is InChI=1S/C48H29N3O.C29H26BN3O2.C25H15BrO/c1-3-18-32-30(14-1)16-11-21-34(32)45-49-46(35-22-12-17-31-15-2-4-19-33(31)35)51-47(50-45)37-23-13-27-41-44(37)36-20-5-6-24-38(36)48(41)39-25-7-9-28-42(39)52-43-29-10-8-26-40(43)48;1-28(2)29(3,4)35-30(34-28)27-32-25(23-17-9-13-19-11-5-7-15-21(19)23)31-26(33-27)24-18-10-14-20-12-6-8-16-22(20)24;26-21-13-7-12-20-24(21)16-8-1-2-9-17(16)25(20)18-10-3-5-14-22(18)27-23-15-6-4-11-19(23)25/h1-29H;5-18H,1-4H3;1-15H. The number of fused-ring (bicyclic) bond motifs is 22. The minimum absolute atomic E-state index is 0.360. The summed E-state index contributed by atoms with van der Waals surface area (Å²) >= 11 is 3.82. The molecule has 0 bridgehead atoms. The Morgan fingerprint density at radius 1 is 0.237 bits per heavy atom. The SMILES string of the molecule is Brc1cccc2c1-c1ccccc1C21c2ccccc2Oc2ccccc21.CC1(C)OB(c2nc(-c3cccc4ccccc34)nc(-c3cccc4ccccc34)n2)OC1(C)C.c1ccc2c(c1)Oc1ccccc1C21c2ccccc2-c2c(-c3nc(-c4cccc5ccccc45)nc(-c4cccc5ccccc45)n3)cccc21. The van der Waals surface area contributed by atoms with E-state index >= 15 is 0 Å². The molecule has 12 heteroatoms. The van der Waals surface area contributed by atoms with Crippen LogP contribution in [0.1, 0.15) is 72.2 Å². The molecule has 2 aliphatic carbocycles. The molecule has 1 saturated heterocycles. The summed E-state index contributed by atoms with van der Waals surface area (Å²) in [5.41, 5.74) is 17.9. The van der Waals surface area contributed by atoms with Crippen LogP contribution in [0.3, 0.4) is 0 Å². The Labute approximate surface area is 668 Å². The van der Waals surface area contributed by atoms with Crippen molar-refractivity contribution in [3.05, 3.63) is 401 Å². The smallest absolute Gasteiger partial charge is 0.457 e. The summed E-state index contributed by atoms with van der Waals surface area (Å²) in [6.07, 6.45) is 0. The average molecular weight is 1530 g/mol. The normalized spacial score (nSPS) is 14.7. The van der Waals surface area contributed by atoms with Gasteiger partial charge in [0.25, 0.3) is 0 Å². The van der Waals surface area contributed by atoms with Gasteiger partial charge >= 0.3 is 7.12 Å². The maximum atomic E-state index is 6.58. The summed E-state index contributed by atoms with van der Waals surface area (Å²) in [6, 6.07) is 123. The van der Waals surface area contributed by atoms with Crippen molar-refractivity contribution in [3.63, 3.8) is 0 Å². The Kier molecular flexibility index (Phi) is 16.2. The molecule has 23 rings (SSSR count). The largest absolute Gasteiger partial charge is 0.534 e. The van der Waals surface area contributed by atoms with Gasteiger partial charge in [-0.3, -0.25) is 0 Å². The molecule has 10 nitrogen and oxygen atoms in total. The van der Waals surface area contributed by atoms with E-state index in [1.165, 1.54) is 50.1 Å². The van der Waals surface area contributed by atoms with E-state index in [-0.39, 0.29) is 5.41 Å². The third-order valence-corrected chi connectivity index (χ3v) is 24.5. The highest BCUT2D eigenvalue weighted by atomic mass is 79.9. The number of hydrogen-bond acceptors (Lipinski definition) is 10. The van der Waals surface area contributed by atoms with Gasteiger partial charge in [0, 0.05) is 60.1 Å². The van der Waals surface area contributed by atoms with E-state index in [4.69, 9.17) is 48.7 Å². The zero-order valence-corrected chi connectivity index (χ0v) is 64.3. The van der Waals surface area contributed by atoms with Crippen LogP contribution in [0.15, 0.2) is 356 Å². The van der Waals surface area contributed by atoms with Crippen molar-refractivity contribution in [1.82, 2.24) is 29.9 Å². The van der Waals surface area contributed by atoms with Crippen molar-refractivity contribution in [2.45, 2.75) is 49.7 Å². The maximum Gasteiger partial charge on any atom is 0.534 e.